The topological polar surface area (TPSA) is 64.3 Å². The van der Waals surface area contributed by atoms with E-state index in [9.17, 15) is 4.79 Å². The molecule has 0 atom stereocenters. The van der Waals surface area contributed by atoms with E-state index in [1.54, 1.807) is 7.11 Å². The zero-order chi connectivity index (χ0) is 15.7. The van der Waals surface area contributed by atoms with Crippen LogP contribution >= 0.6 is 11.3 Å². The van der Waals surface area contributed by atoms with Crippen molar-refractivity contribution in [1.29, 1.82) is 0 Å². The van der Waals surface area contributed by atoms with Crippen molar-refractivity contribution in [2.75, 3.05) is 13.7 Å². The molecule has 1 aromatic carbocycles. The summed E-state index contributed by atoms with van der Waals surface area (Å²) in [7, 11) is 1.65. The number of nitrogens with two attached hydrogens (primary N) is 1. The van der Waals surface area contributed by atoms with Gasteiger partial charge in [-0.2, -0.15) is 0 Å². The van der Waals surface area contributed by atoms with Crippen LogP contribution in [0, 0.1) is 6.92 Å². The number of carbonyl (C=O) groups is 1. The average molecular weight is 318 g/mol. The highest BCUT2D eigenvalue weighted by Crippen LogP contribution is 2.35. The highest BCUT2D eigenvalue weighted by Gasteiger charge is 2.34. The minimum atomic E-state index is -0.211. The van der Waals surface area contributed by atoms with Crippen LogP contribution in [-0.2, 0) is 0 Å². The lowest BCUT2D eigenvalue weighted by Crippen LogP contribution is -2.51. The Labute approximate surface area is 134 Å². The maximum atomic E-state index is 12.7. The van der Waals surface area contributed by atoms with Gasteiger partial charge in [-0.15, -0.1) is 11.3 Å². The van der Waals surface area contributed by atoms with Gasteiger partial charge in [-0.05, 0) is 48.9 Å². The second-order valence-corrected chi connectivity index (χ2v) is 7.12. The number of nitrogens with one attached hydrogen (secondary N) is 1. The van der Waals surface area contributed by atoms with Crippen LogP contribution in [0.4, 0.5) is 0 Å². The van der Waals surface area contributed by atoms with Crippen molar-refractivity contribution in [1.82, 2.24) is 5.32 Å². The Hall–Kier alpha value is -1.59. The molecule has 118 valence electrons. The number of carbonyl (C=O) groups excluding carboxylic acids is 1. The third kappa shape index (κ3) is 2.59. The lowest BCUT2D eigenvalue weighted by molar-refractivity contribution is 0.0907. The third-order valence-corrected chi connectivity index (χ3v) is 5.95. The van der Waals surface area contributed by atoms with E-state index in [2.05, 4.69) is 5.32 Å². The van der Waals surface area contributed by atoms with Crippen LogP contribution < -0.4 is 15.8 Å². The summed E-state index contributed by atoms with van der Waals surface area (Å²) >= 11 is 1.54. The number of amides is 1. The molecule has 3 N–H and O–H groups in total. The molecule has 1 aromatic heterocycles. The Balaban J connectivity index is 1.92. The van der Waals surface area contributed by atoms with E-state index in [4.69, 9.17) is 10.5 Å². The van der Waals surface area contributed by atoms with Crippen LogP contribution in [0.2, 0.25) is 0 Å². The van der Waals surface area contributed by atoms with Gasteiger partial charge in [0.25, 0.3) is 5.91 Å². The van der Waals surface area contributed by atoms with Gasteiger partial charge in [0.15, 0.2) is 0 Å². The number of benzene rings is 1. The Bertz CT molecular complexity index is 702. The van der Waals surface area contributed by atoms with Crippen molar-refractivity contribution in [3.8, 4) is 5.75 Å². The molecule has 1 heterocycles. The van der Waals surface area contributed by atoms with E-state index in [1.165, 1.54) is 11.3 Å². The molecule has 0 unspecified atom stereocenters. The second kappa shape index (κ2) is 5.89. The van der Waals surface area contributed by atoms with Crippen LogP contribution in [0.25, 0.3) is 10.1 Å². The van der Waals surface area contributed by atoms with Crippen molar-refractivity contribution in [2.24, 2.45) is 5.73 Å². The zero-order valence-corrected chi connectivity index (χ0v) is 13.9. The van der Waals surface area contributed by atoms with E-state index in [-0.39, 0.29) is 11.4 Å². The third-order valence-electron chi connectivity index (χ3n) is 4.68. The first-order valence-corrected chi connectivity index (χ1v) is 8.50. The van der Waals surface area contributed by atoms with Gasteiger partial charge in [0, 0.05) is 11.2 Å². The highest BCUT2D eigenvalue weighted by atomic mass is 32.1. The molecular formula is C17H22N2O2S. The first kappa shape index (κ1) is 15.3. The summed E-state index contributed by atoms with van der Waals surface area (Å²) in [6.07, 6.45) is 4.24. The van der Waals surface area contributed by atoms with Crippen molar-refractivity contribution < 1.29 is 9.53 Å². The molecule has 1 amide bonds. The van der Waals surface area contributed by atoms with Crippen LogP contribution in [-0.4, -0.2) is 25.1 Å². The number of hydrogen-bond donors (Lipinski definition) is 2. The molecule has 1 aliphatic carbocycles. The molecule has 2 aromatic rings. The van der Waals surface area contributed by atoms with Crippen LogP contribution in [0.15, 0.2) is 18.2 Å². The number of hydrogen-bond acceptors (Lipinski definition) is 4. The average Bonchev–Trinajstić information content (AvgIpc) is 3.13. The number of ether oxygens (including phenoxy) is 1. The number of rotatable bonds is 4. The van der Waals surface area contributed by atoms with E-state index >= 15 is 0 Å². The van der Waals surface area contributed by atoms with Gasteiger partial charge < -0.3 is 15.8 Å². The fourth-order valence-corrected chi connectivity index (χ4v) is 4.36. The second-order valence-electron chi connectivity index (χ2n) is 6.06. The Morgan fingerprint density at radius 2 is 2.14 bits per heavy atom. The smallest absolute Gasteiger partial charge is 0.262 e. The molecule has 5 heteroatoms. The van der Waals surface area contributed by atoms with Crippen molar-refractivity contribution in [3.05, 3.63) is 28.6 Å². The standard InChI is InChI=1S/C17H22N2O2S/c1-11-13-9-12(21-2)5-6-14(13)22-15(11)16(20)19-17(10-18)7-3-4-8-17/h5-6,9H,3-4,7-8,10,18H2,1-2H3,(H,19,20). The number of methoxy groups -OCH3 is 1. The molecule has 0 saturated heterocycles. The largest absolute Gasteiger partial charge is 0.497 e. The molecule has 0 radical (unpaired) electrons. The molecule has 3 rings (SSSR count). The van der Waals surface area contributed by atoms with E-state index in [0.29, 0.717) is 6.54 Å². The first-order chi connectivity index (χ1) is 10.6. The van der Waals surface area contributed by atoms with Gasteiger partial charge in [-0.1, -0.05) is 12.8 Å². The molecule has 4 nitrogen and oxygen atoms in total. The fraction of sp³-hybridized carbons (Fsp3) is 0.471. The highest BCUT2D eigenvalue weighted by molar-refractivity contribution is 7.21. The Morgan fingerprint density at radius 3 is 2.77 bits per heavy atom. The van der Waals surface area contributed by atoms with E-state index < -0.39 is 0 Å². The zero-order valence-electron chi connectivity index (χ0n) is 13.1. The molecule has 0 spiro atoms. The van der Waals surface area contributed by atoms with Crippen molar-refractivity contribution in [2.45, 2.75) is 38.1 Å². The monoisotopic (exact) mass is 318 g/mol. The number of aryl methyl sites for hydroxylation is 1. The lowest BCUT2D eigenvalue weighted by atomic mass is 9.97. The minimum absolute atomic E-state index is 0.00465. The summed E-state index contributed by atoms with van der Waals surface area (Å²) in [4.78, 5) is 13.5. The number of thiophene rings is 1. The van der Waals surface area contributed by atoms with Gasteiger partial charge in [0.2, 0.25) is 0 Å². The first-order valence-electron chi connectivity index (χ1n) is 7.68. The SMILES string of the molecule is COc1ccc2sc(C(=O)NC3(CN)CCCC3)c(C)c2c1. The molecule has 0 bridgehead atoms. The number of fused-ring (bicyclic) bond motifs is 1. The maximum Gasteiger partial charge on any atom is 0.262 e. The fourth-order valence-electron chi connectivity index (χ4n) is 3.27. The summed E-state index contributed by atoms with van der Waals surface area (Å²) in [6, 6.07) is 5.93. The molecule has 1 saturated carbocycles. The summed E-state index contributed by atoms with van der Waals surface area (Å²) < 4.78 is 6.38. The Kier molecular flexibility index (Phi) is 4.10. The predicted octanol–water partition coefficient (Wildman–Crippen LogP) is 3.22. The van der Waals surface area contributed by atoms with Gasteiger partial charge in [0.1, 0.15) is 5.75 Å². The summed E-state index contributed by atoms with van der Waals surface area (Å²) in [5.41, 5.74) is 6.72. The molecule has 22 heavy (non-hydrogen) atoms. The van der Waals surface area contributed by atoms with Gasteiger partial charge in [-0.3, -0.25) is 4.79 Å². The predicted molar refractivity (Wildman–Crippen MR) is 90.8 cm³/mol. The normalized spacial score (nSPS) is 16.9. The lowest BCUT2D eigenvalue weighted by Gasteiger charge is -2.28. The van der Waals surface area contributed by atoms with Crippen LogP contribution in [0.3, 0.4) is 0 Å². The van der Waals surface area contributed by atoms with Gasteiger partial charge in [0.05, 0.1) is 17.5 Å². The van der Waals surface area contributed by atoms with Crippen LogP contribution in [0.5, 0.6) is 5.75 Å². The molecular weight excluding hydrogens is 296 g/mol. The molecule has 1 fully saturated rings. The van der Waals surface area contributed by atoms with E-state index in [1.807, 2.05) is 25.1 Å². The van der Waals surface area contributed by atoms with Gasteiger partial charge >= 0.3 is 0 Å². The van der Waals surface area contributed by atoms with Crippen LogP contribution in [0.1, 0.15) is 40.9 Å². The maximum absolute atomic E-state index is 12.7. The summed E-state index contributed by atoms with van der Waals surface area (Å²) in [5.74, 6) is 0.819. The van der Waals surface area contributed by atoms with Gasteiger partial charge in [-0.25, -0.2) is 0 Å². The minimum Gasteiger partial charge on any atom is -0.497 e. The van der Waals surface area contributed by atoms with Crippen molar-refractivity contribution >= 4 is 27.3 Å². The van der Waals surface area contributed by atoms with Crippen molar-refractivity contribution in [3.63, 3.8) is 0 Å². The molecule has 0 aliphatic heterocycles. The van der Waals surface area contributed by atoms with E-state index in [0.717, 1.165) is 52.0 Å². The molecule has 1 aliphatic rings. The Morgan fingerprint density at radius 1 is 1.41 bits per heavy atom. The summed E-state index contributed by atoms with van der Waals surface area (Å²) in [6.45, 7) is 2.51. The summed E-state index contributed by atoms with van der Waals surface area (Å²) in [5, 5.41) is 4.29. The quantitative estimate of drug-likeness (QED) is 0.910.